The largest absolute Gasteiger partial charge is 0.373 e. The molecule has 1 N–H and O–H groups in total. The van der Waals surface area contributed by atoms with E-state index in [1.807, 2.05) is 13.0 Å². The molecule has 3 rings (SSSR count). The minimum Gasteiger partial charge on any atom is -0.373 e. The van der Waals surface area contributed by atoms with E-state index in [1.54, 1.807) is 6.07 Å². The minimum atomic E-state index is -0.223. The van der Waals surface area contributed by atoms with E-state index in [0.717, 1.165) is 25.3 Å². The fraction of sp³-hybridized carbons (Fsp3) is 0.632. The van der Waals surface area contributed by atoms with Crippen LogP contribution in [0.3, 0.4) is 0 Å². The van der Waals surface area contributed by atoms with Crippen molar-refractivity contribution >= 4 is 5.91 Å². The highest BCUT2D eigenvalue weighted by atomic mass is 19.1. The molecule has 2 fully saturated rings. The van der Waals surface area contributed by atoms with Gasteiger partial charge < -0.3 is 10.1 Å². The molecule has 2 heterocycles. The Bertz CT molecular complexity index is 566. The molecule has 1 aromatic carbocycles. The van der Waals surface area contributed by atoms with Gasteiger partial charge in [-0.1, -0.05) is 19.1 Å². The van der Waals surface area contributed by atoms with E-state index < -0.39 is 0 Å². The maximum absolute atomic E-state index is 13.2. The highest BCUT2D eigenvalue weighted by molar-refractivity contribution is 5.76. The second kappa shape index (κ2) is 8.08. The first-order valence-corrected chi connectivity index (χ1v) is 8.97. The van der Waals surface area contributed by atoms with Gasteiger partial charge in [0.15, 0.2) is 0 Å². The van der Waals surface area contributed by atoms with Gasteiger partial charge in [-0.15, -0.1) is 0 Å². The molecule has 4 nitrogen and oxygen atoms in total. The Balaban J connectivity index is 1.37. The Labute approximate surface area is 143 Å². The van der Waals surface area contributed by atoms with Gasteiger partial charge in [0.05, 0.1) is 12.7 Å². The van der Waals surface area contributed by atoms with E-state index in [9.17, 15) is 9.18 Å². The van der Waals surface area contributed by atoms with Gasteiger partial charge in [-0.2, -0.15) is 0 Å². The number of hydrogen-bond acceptors (Lipinski definition) is 3. The van der Waals surface area contributed by atoms with Crippen molar-refractivity contribution in [2.24, 2.45) is 5.92 Å². The van der Waals surface area contributed by atoms with E-state index in [2.05, 4.69) is 10.2 Å². The molecule has 132 valence electrons. The van der Waals surface area contributed by atoms with Crippen LogP contribution in [0, 0.1) is 11.7 Å². The molecule has 3 atom stereocenters. The van der Waals surface area contributed by atoms with Crippen LogP contribution in [0.1, 0.15) is 31.7 Å². The van der Waals surface area contributed by atoms with Crippen molar-refractivity contribution in [2.75, 3.05) is 26.2 Å². The zero-order chi connectivity index (χ0) is 16.9. The molecule has 0 spiro atoms. The first-order valence-electron chi connectivity index (χ1n) is 8.97. The number of carbonyl (C=O) groups excluding carboxylic acids is 1. The number of amides is 1. The molecular weight excluding hydrogens is 307 g/mol. The SMILES string of the molecule is C[C@H](CC(=O)NC[C@@H]1CN2CCC[C@@H]2CO1)Cc1cccc(F)c1. The predicted octanol–water partition coefficient (Wildman–Crippen LogP) is 2.37. The molecule has 0 bridgehead atoms. The van der Waals surface area contributed by atoms with Crippen LogP contribution in [-0.2, 0) is 16.0 Å². The number of nitrogens with one attached hydrogen (secondary N) is 1. The maximum Gasteiger partial charge on any atom is 0.220 e. The van der Waals surface area contributed by atoms with Gasteiger partial charge in [0, 0.05) is 25.6 Å². The summed E-state index contributed by atoms with van der Waals surface area (Å²) in [6, 6.07) is 7.18. The van der Waals surface area contributed by atoms with Crippen molar-refractivity contribution < 1.29 is 13.9 Å². The van der Waals surface area contributed by atoms with Crippen molar-refractivity contribution in [3.05, 3.63) is 35.6 Å². The number of hydrogen-bond donors (Lipinski definition) is 1. The van der Waals surface area contributed by atoms with E-state index in [4.69, 9.17) is 4.74 Å². The number of halogens is 1. The zero-order valence-electron chi connectivity index (χ0n) is 14.3. The van der Waals surface area contributed by atoms with Crippen molar-refractivity contribution in [1.82, 2.24) is 10.2 Å². The lowest BCUT2D eigenvalue weighted by Crippen LogP contribution is -2.50. The molecule has 5 heteroatoms. The Morgan fingerprint density at radius 1 is 1.50 bits per heavy atom. The quantitative estimate of drug-likeness (QED) is 0.868. The van der Waals surface area contributed by atoms with Crippen LogP contribution in [0.15, 0.2) is 24.3 Å². The minimum absolute atomic E-state index is 0.0473. The third-order valence-corrected chi connectivity index (χ3v) is 5.00. The topological polar surface area (TPSA) is 41.6 Å². The first-order chi connectivity index (χ1) is 11.6. The van der Waals surface area contributed by atoms with Crippen LogP contribution in [0.2, 0.25) is 0 Å². The first kappa shape index (κ1) is 17.4. The number of carbonyl (C=O) groups is 1. The predicted molar refractivity (Wildman–Crippen MR) is 91.2 cm³/mol. The molecule has 0 aliphatic carbocycles. The summed E-state index contributed by atoms with van der Waals surface area (Å²) in [4.78, 5) is 14.6. The third kappa shape index (κ3) is 4.77. The number of rotatable bonds is 6. The fourth-order valence-corrected chi connectivity index (χ4v) is 3.76. The van der Waals surface area contributed by atoms with Gasteiger partial charge in [0.1, 0.15) is 5.82 Å². The monoisotopic (exact) mass is 334 g/mol. The summed E-state index contributed by atoms with van der Waals surface area (Å²) >= 11 is 0. The molecule has 24 heavy (non-hydrogen) atoms. The van der Waals surface area contributed by atoms with Gasteiger partial charge >= 0.3 is 0 Å². The summed E-state index contributed by atoms with van der Waals surface area (Å²) < 4.78 is 19.1. The van der Waals surface area contributed by atoms with E-state index in [0.29, 0.717) is 25.4 Å². The maximum atomic E-state index is 13.2. The normalized spacial score (nSPS) is 25.2. The zero-order valence-corrected chi connectivity index (χ0v) is 14.3. The van der Waals surface area contributed by atoms with Crippen molar-refractivity contribution in [3.63, 3.8) is 0 Å². The molecule has 2 saturated heterocycles. The van der Waals surface area contributed by atoms with Gasteiger partial charge in [-0.05, 0) is 49.4 Å². The fourth-order valence-electron chi connectivity index (χ4n) is 3.76. The smallest absolute Gasteiger partial charge is 0.220 e. The second-order valence-corrected chi connectivity index (χ2v) is 7.19. The number of fused-ring (bicyclic) bond motifs is 1. The molecule has 0 aromatic heterocycles. The average molecular weight is 334 g/mol. The molecule has 2 aliphatic rings. The Morgan fingerprint density at radius 2 is 2.38 bits per heavy atom. The van der Waals surface area contributed by atoms with Crippen LogP contribution in [-0.4, -0.2) is 49.2 Å². The second-order valence-electron chi connectivity index (χ2n) is 7.19. The summed E-state index contributed by atoms with van der Waals surface area (Å²) in [6.45, 7) is 5.47. The van der Waals surface area contributed by atoms with Crippen LogP contribution in [0.4, 0.5) is 4.39 Å². The van der Waals surface area contributed by atoms with Gasteiger partial charge in [-0.25, -0.2) is 4.39 Å². The summed E-state index contributed by atoms with van der Waals surface area (Å²) in [5, 5.41) is 3.00. The van der Waals surface area contributed by atoms with Crippen molar-refractivity contribution in [3.8, 4) is 0 Å². The Kier molecular flexibility index (Phi) is 5.85. The van der Waals surface area contributed by atoms with E-state index >= 15 is 0 Å². The number of nitrogens with zero attached hydrogens (tertiary/aromatic N) is 1. The number of ether oxygens (including phenoxy) is 1. The van der Waals surface area contributed by atoms with Gasteiger partial charge in [0.25, 0.3) is 0 Å². The van der Waals surface area contributed by atoms with Crippen LogP contribution in [0.25, 0.3) is 0 Å². The highest BCUT2D eigenvalue weighted by Crippen LogP contribution is 2.22. The summed E-state index contributed by atoms with van der Waals surface area (Å²) in [7, 11) is 0. The van der Waals surface area contributed by atoms with Crippen LogP contribution < -0.4 is 5.32 Å². The summed E-state index contributed by atoms with van der Waals surface area (Å²) in [5.41, 5.74) is 0.936. The van der Waals surface area contributed by atoms with Gasteiger partial charge in [-0.3, -0.25) is 9.69 Å². The summed E-state index contributed by atoms with van der Waals surface area (Å²) in [6.07, 6.45) is 3.75. The van der Waals surface area contributed by atoms with Crippen molar-refractivity contribution in [2.45, 2.75) is 44.8 Å². The standard InChI is InChI=1S/C19H27FN2O2/c1-14(8-15-4-2-5-16(20)10-15)9-19(23)21-11-18-12-22-7-3-6-17(22)13-24-18/h2,4-5,10,14,17-18H,3,6-9,11-13H2,1H3,(H,21,23)/t14-,17+,18+/m0/s1. The number of morpholine rings is 1. The third-order valence-electron chi connectivity index (χ3n) is 5.00. The van der Waals surface area contributed by atoms with Crippen LogP contribution >= 0.6 is 0 Å². The molecular formula is C19H27FN2O2. The lowest BCUT2D eigenvalue weighted by Gasteiger charge is -2.35. The van der Waals surface area contributed by atoms with Gasteiger partial charge in [0.2, 0.25) is 5.91 Å². The molecule has 0 unspecified atom stereocenters. The van der Waals surface area contributed by atoms with E-state index in [1.165, 1.54) is 25.0 Å². The van der Waals surface area contributed by atoms with E-state index in [-0.39, 0.29) is 23.7 Å². The lowest BCUT2D eigenvalue weighted by atomic mass is 9.97. The Morgan fingerprint density at radius 3 is 3.21 bits per heavy atom. The molecule has 1 amide bonds. The van der Waals surface area contributed by atoms with Crippen LogP contribution in [0.5, 0.6) is 0 Å². The molecule has 2 aliphatic heterocycles. The highest BCUT2D eigenvalue weighted by Gasteiger charge is 2.32. The molecule has 0 saturated carbocycles. The lowest BCUT2D eigenvalue weighted by molar-refractivity contribution is -0.123. The Hall–Kier alpha value is -1.46. The molecule has 0 radical (unpaired) electrons. The number of benzene rings is 1. The molecule has 1 aromatic rings. The summed E-state index contributed by atoms with van der Waals surface area (Å²) in [5.74, 6) is 0.00639. The van der Waals surface area contributed by atoms with Crippen molar-refractivity contribution in [1.29, 1.82) is 0 Å². The average Bonchev–Trinajstić information content (AvgIpc) is 3.00.